The van der Waals surface area contributed by atoms with E-state index in [4.69, 9.17) is 5.26 Å². The number of likely N-dealkylation sites (tertiary alicyclic amines) is 1. The quantitative estimate of drug-likeness (QED) is 0.836. The fourth-order valence-corrected chi connectivity index (χ4v) is 3.36. The van der Waals surface area contributed by atoms with Gasteiger partial charge in [-0.15, -0.1) is 0 Å². The Bertz CT molecular complexity index is 750. The molecule has 1 saturated heterocycles. The number of sulfonamides is 1. The summed E-state index contributed by atoms with van der Waals surface area (Å²) in [4.78, 5) is 13.9. The van der Waals surface area contributed by atoms with Gasteiger partial charge in [-0.1, -0.05) is 12.1 Å². The summed E-state index contributed by atoms with van der Waals surface area (Å²) in [5.74, 6) is -0.160. The Balaban J connectivity index is 1.99. The molecule has 2 rings (SSSR count). The molecule has 7 heteroatoms. The van der Waals surface area contributed by atoms with Gasteiger partial charge < -0.3 is 4.90 Å². The number of piperidine rings is 1. The van der Waals surface area contributed by atoms with Crippen LogP contribution in [0.5, 0.6) is 0 Å². The molecule has 1 aliphatic heterocycles. The van der Waals surface area contributed by atoms with E-state index in [2.05, 4.69) is 10.8 Å². The molecule has 1 N–H and O–H groups in total. The lowest BCUT2D eigenvalue weighted by Gasteiger charge is -2.32. The smallest absolute Gasteiger partial charge is 0.246 e. The number of benzene rings is 1. The normalized spacial score (nSPS) is 18.8. The summed E-state index contributed by atoms with van der Waals surface area (Å²) in [5, 5.41) is 8.86. The maximum atomic E-state index is 12.2. The van der Waals surface area contributed by atoms with Crippen LogP contribution in [0.1, 0.15) is 24.0 Å². The van der Waals surface area contributed by atoms with Crippen molar-refractivity contribution in [3.63, 3.8) is 0 Å². The minimum absolute atomic E-state index is 0.160. The minimum Gasteiger partial charge on any atom is -0.338 e. The van der Waals surface area contributed by atoms with Crippen molar-refractivity contribution in [2.75, 3.05) is 19.3 Å². The van der Waals surface area contributed by atoms with Gasteiger partial charge in [0.15, 0.2) is 0 Å². The largest absolute Gasteiger partial charge is 0.338 e. The lowest BCUT2D eigenvalue weighted by atomic mass is 10.1. The van der Waals surface area contributed by atoms with E-state index in [1.54, 1.807) is 29.2 Å². The highest BCUT2D eigenvalue weighted by Gasteiger charge is 2.24. The maximum absolute atomic E-state index is 12.2. The molecule has 6 nitrogen and oxygen atoms in total. The van der Waals surface area contributed by atoms with Crippen LogP contribution in [0.4, 0.5) is 0 Å². The predicted molar refractivity (Wildman–Crippen MR) is 87.8 cm³/mol. The maximum Gasteiger partial charge on any atom is 0.246 e. The third-order valence-corrected chi connectivity index (χ3v) is 4.31. The highest BCUT2D eigenvalue weighted by Crippen LogP contribution is 2.12. The van der Waals surface area contributed by atoms with Crippen molar-refractivity contribution in [1.29, 1.82) is 5.26 Å². The van der Waals surface area contributed by atoms with Gasteiger partial charge >= 0.3 is 0 Å². The summed E-state index contributed by atoms with van der Waals surface area (Å²) < 4.78 is 25.1. The zero-order valence-corrected chi connectivity index (χ0v) is 13.7. The van der Waals surface area contributed by atoms with E-state index in [1.807, 2.05) is 6.07 Å². The molecule has 0 aromatic heterocycles. The van der Waals surface area contributed by atoms with Gasteiger partial charge in [-0.25, -0.2) is 13.1 Å². The Kier molecular flexibility index (Phi) is 5.53. The SMILES string of the molecule is CS(=O)(=O)N[C@@H]1CCCN(C(=O)/C=C\c2cccc(C#N)c2)C1. The van der Waals surface area contributed by atoms with Gasteiger partial charge in [0.05, 0.1) is 17.9 Å². The molecule has 0 radical (unpaired) electrons. The van der Waals surface area contributed by atoms with E-state index in [0.29, 0.717) is 18.7 Å². The number of nitrogens with one attached hydrogen (secondary N) is 1. The average Bonchev–Trinajstić information content (AvgIpc) is 2.51. The molecule has 0 saturated carbocycles. The standard InChI is InChI=1S/C16H19N3O3S/c1-23(21,22)18-15-6-3-9-19(12-15)16(20)8-7-13-4-2-5-14(10-13)11-17/h2,4-5,7-8,10,15,18H,3,6,9,12H2,1H3/b8-7-/t15-/m1/s1. The number of rotatable bonds is 4. The second-order valence-electron chi connectivity index (χ2n) is 5.58. The minimum atomic E-state index is -3.27. The first-order valence-electron chi connectivity index (χ1n) is 7.32. The van der Waals surface area contributed by atoms with Gasteiger partial charge in [-0.2, -0.15) is 5.26 Å². The van der Waals surface area contributed by atoms with E-state index in [1.165, 1.54) is 6.08 Å². The van der Waals surface area contributed by atoms with E-state index >= 15 is 0 Å². The first kappa shape index (κ1) is 17.2. The van der Waals surface area contributed by atoms with Crippen LogP contribution in [-0.4, -0.2) is 44.6 Å². The lowest BCUT2D eigenvalue weighted by molar-refractivity contribution is -0.127. The number of nitrogens with zero attached hydrogens (tertiary/aromatic N) is 2. The molecular formula is C16H19N3O3S. The third kappa shape index (κ3) is 5.51. The van der Waals surface area contributed by atoms with Gasteiger partial charge in [0.2, 0.25) is 15.9 Å². The Morgan fingerprint density at radius 3 is 2.96 bits per heavy atom. The van der Waals surface area contributed by atoms with Crippen LogP contribution in [-0.2, 0) is 14.8 Å². The first-order valence-corrected chi connectivity index (χ1v) is 9.21. The van der Waals surface area contributed by atoms with Crippen LogP contribution < -0.4 is 4.72 Å². The molecule has 1 heterocycles. The first-order chi connectivity index (χ1) is 10.9. The molecule has 23 heavy (non-hydrogen) atoms. The molecule has 1 atom stereocenters. The topological polar surface area (TPSA) is 90.3 Å². The van der Waals surface area contributed by atoms with Crippen LogP contribution >= 0.6 is 0 Å². The van der Waals surface area contributed by atoms with Crippen molar-refractivity contribution in [2.45, 2.75) is 18.9 Å². The second kappa shape index (κ2) is 7.40. The van der Waals surface area contributed by atoms with Crippen LogP contribution in [0.2, 0.25) is 0 Å². The molecule has 122 valence electrons. The van der Waals surface area contributed by atoms with Crippen molar-refractivity contribution in [3.05, 3.63) is 41.5 Å². The summed E-state index contributed by atoms with van der Waals surface area (Å²) >= 11 is 0. The summed E-state index contributed by atoms with van der Waals surface area (Å²) in [6.45, 7) is 0.984. The monoisotopic (exact) mass is 333 g/mol. The van der Waals surface area contributed by atoms with Crippen molar-refractivity contribution in [2.24, 2.45) is 0 Å². The molecule has 0 aliphatic carbocycles. The third-order valence-electron chi connectivity index (χ3n) is 3.55. The summed E-state index contributed by atoms with van der Waals surface area (Å²) in [5.41, 5.74) is 1.32. The Morgan fingerprint density at radius 1 is 1.48 bits per heavy atom. The van der Waals surface area contributed by atoms with Crippen LogP contribution in [0, 0.1) is 11.3 Å². The van der Waals surface area contributed by atoms with Crippen molar-refractivity contribution in [3.8, 4) is 6.07 Å². The van der Waals surface area contributed by atoms with Gasteiger partial charge in [0.25, 0.3) is 0 Å². The molecule has 1 aromatic rings. The van der Waals surface area contributed by atoms with Gasteiger partial charge in [-0.3, -0.25) is 4.79 Å². The zero-order chi connectivity index (χ0) is 16.9. The molecule has 1 fully saturated rings. The molecule has 0 spiro atoms. The molecule has 1 amide bonds. The fraction of sp³-hybridized carbons (Fsp3) is 0.375. The number of hydrogen-bond acceptors (Lipinski definition) is 4. The van der Waals surface area contributed by atoms with Crippen LogP contribution in [0.15, 0.2) is 30.3 Å². The number of amides is 1. The highest BCUT2D eigenvalue weighted by molar-refractivity contribution is 7.88. The predicted octanol–water partition coefficient (Wildman–Crippen LogP) is 1.11. The zero-order valence-electron chi connectivity index (χ0n) is 12.9. The second-order valence-corrected chi connectivity index (χ2v) is 7.36. The van der Waals surface area contributed by atoms with E-state index in [0.717, 1.165) is 24.7 Å². The molecule has 0 unspecified atom stereocenters. The summed E-state index contributed by atoms with van der Waals surface area (Å²) in [6, 6.07) is 8.79. The fourth-order valence-electron chi connectivity index (χ4n) is 2.56. The Hall–Kier alpha value is -2.17. The molecular weight excluding hydrogens is 314 g/mol. The molecule has 0 bridgehead atoms. The van der Waals surface area contributed by atoms with E-state index in [-0.39, 0.29) is 11.9 Å². The summed E-state index contributed by atoms with van der Waals surface area (Å²) in [6.07, 6.45) is 5.73. The van der Waals surface area contributed by atoms with Crippen molar-refractivity contribution < 1.29 is 13.2 Å². The highest BCUT2D eigenvalue weighted by atomic mass is 32.2. The summed E-state index contributed by atoms with van der Waals surface area (Å²) in [7, 11) is -3.27. The molecule has 1 aromatic carbocycles. The Morgan fingerprint density at radius 2 is 2.26 bits per heavy atom. The van der Waals surface area contributed by atoms with Gasteiger partial charge in [0, 0.05) is 25.2 Å². The van der Waals surface area contributed by atoms with Crippen LogP contribution in [0.3, 0.4) is 0 Å². The van der Waals surface area contributed by atoms with E-state index < -0.39 is 10.0 Å². The number of carbonyl (C=O) groups excluding carboxylic acids is 1. The van der Waals surface area contributed by atoms with Crippen LogP contribution in [0.25, 0.3) is 6.08 Å². The number of carbonyl (C=O) groups is 1. The average molecular weight is 333 g/mol. The van der Waals surface area contributed by atoms with Gasteiger partial charge in [0.1, 0.15) is 0 Å². The number of nitriles is 1. The van der Waals surface area contributed by atoms with Crippen molar-refractivity contribution in [1.82, 2.24) is 9.62 Å². The van der Waals surface area contributed by atoms with E-state index in [9.17, 15) is 13.2 Å². The molecule has 1 aliphatic rings. The Labute approximate surface area is 136 Å². The number of hydrogen-bond donors (Lipinski definition) is 1. The van der Waals surface area contributed by atoms with Crippen molar-refractivity contribution >= 4 is 22.0 Å². The lowest BCUT2D eigenvalue weighted by Crippen LogP contribution is -2.48. The van der Waals surface area contributed by atoms with Gasteiger partial charge in [-0.05, 0) is 36.6 Å².